The molecule has 1 amide bonds. The smallest absolute Gasteiger partial charge is 0.242 e. The Balaban J connectivity index is 2.14. The van der Waals surface area contributed by atoms with Gasteiger partial charge in [0.1, 0.15) is 0 Å². The second-order valence-electron chi connectivity index (χ2n) is 5.45. The van der Waals surface area contributed by atoms with Crippen molar-refractivity contribution in [3.63, 3.8) is 0 Å². The summed E-state index contributed by atoms with van der Waals surface area (Å²) in [6, 6.07) is 4.20. The van der Waals surface area contributed by atoms with Crippen LogP contribution in [0, 0.1) is 0 Å². The number of likely N-dealkylation sites (tertiary alicyclic amines) is 1. The zero-order chi connectivity index (χ0) is 13.2. The topological polar surface area (TPSA) is 62.1 Å². The number of hydrogen-bond donors (Lipinski definition) is 2. The van der Waals surface area contributed by atoms with Crippen molar-refractivity contribution in [3.8, 4) is 0 Å². The Bertz CT molecular complexity index is 397. The number of nitrogens with two attached hydrogens (primary N) is 1. The third-order valence-corrected chi connectivity index (χ3v) is 3.75. The van der Waals surface area contributed by atoms with Gasteiger partial charge in [-0.3, -0.25) is 4.79 Å². The Kier molecular flexibility index (Phi) is 3.76. The lowest BCUT2D eigenvalue weighted by atomic mass is 9.95. The predicted molar refractivity (Wildman–Crippen MR) is 72.0 cm³/mol. The molecule has 0 saturated carbocycles. The molecule has 18 heavy (non-hydrogen) atoms. The minimum absolute atomic E-state index is 0.0847. The van der Waals surface area contributed by atoms with E-state index in [1.807, 2.05) is 30.2 Å². The van der Waals surface area contributed by atoms with Crippen LogP contribution in [0.15, 0.2) is 18.3 Å². The van der Waals surface area contributed by atoms with Crippen molar-refractivity contribution >= 4 is 5.91 Å². The summed E-state index contributed by atoms with van der Waals surface area (Å²) in [5.41, 5.74) is 6.55. The van der Waals surface area contributed by atoms with Crippen molar-refractivity contribution in [1.29, 1.82) is 0 Å². The molecule has 4 nitrogen and oxygen atoms in total. The zero-order valence-corrected chi connectivity index (χ0v) is 11.3. The normalized spacial score (nSPS) is 23.1. The third-order valence-electron chi connectivity index (χ3n) is 3.75. The highest BCUT2D eigenvalue weighted by molar-refractivity contribution is 5.86. The van der Waals surface area contributed by atoms with Crippen LogP contribution in [0.2, 0.25) is 0 Å². The fourth-order valence-corrected chi connectivity index (χ4v) is 2.84. The average molecular weight is 249 g/mol. The van der Waals surface area contributed by atoms with Gasteiger partial charge in [-0.2, -0.15) is 0 Å². The first-order valence-corrected chi connectivity index (χ1v) is 6.79. The fraction of sp³-hybridized carbons (Fsp3) is 0.643. The average Bonchev–Trinajstić information content (AvgIpc) is 2.98. The molecule has 1 aliphatic rings. The number of carbonyl (C=O) groups is 1. The molecule has 1 saturated heterocycles. The van der Waals surface area contributed by atoms with Gasteiger partial charge in [0.25, 0.3) is 0 Å². The molecular weight excluding hydrogens is 226 g/mol. The van der Waals surface area contributed by atoms with Crippen molar-refractivity contribution in [2.24, 2.45) is 5.73 Å². The van der Waals surface area contributed by atoms with Gasteiger partial charge < -0.3 is 15.6 Å². The van der Waals surface area contributed by atoms with E-state index in [2.05, 4.69) is 11.9 Å². The number of hydrogen-bond acceptors (Lipinski definition) is 2. The first kappa shape index (κ1) is 13.1. The van der Waals surface area contributed by atoms with Gasteiger partial charge in [0, 0.05) is 18.4 Å². The second-order valence-corrected chi connectivity index (χ2v) is 5.45. The maximum absolute atomic E-state index is 12.5. The Morgan fingerprint density at radius 3 is 3.06 bits per heavy atom. The van der Waals surface area contributed by atoms with Crippen LogP contribution in [0.4, 0.5) is 0 Å². The highest BCUT2D eigenvalue weighted by atomic mass is 16.2. The number of amides is 1. The van der Waals surface area contributed by atoms with Crippen molar-refractivity contribution in [3.05, 3.63) is 24.0 Å². The molecule has 1 aromatic rings. The minimum atomic E-state index is -0.732. The molecule has 1 fully saturated rings. The van der Waals surface area contributed by atoms with Crippen molar-refractivity contribution in [1.82, 2.24) is 9.88 Å². The monoisotopic (exact) mass is 249 g/mol. The van der Waals surface area contributed by atoms with Gasteiger partial charge in [-0.1, -0.05) is 13.3 Å². The Hall–Kier alpha value is -1.29. The van der Waals surface area contributed by atoms with Gasteiger partial charge in [0.05, 0.1) is 11.6 Å². The molecule has 2 heterocycles. The summed E-state index contributed by atoms with van der Waals surface area (Å²) in [7, 11) is 0. The predicted octanol–water partition coefficient (Wildman–Crippen LogP) is 2.20. The molecular formula is C14H23N3O. The van der Waals surface area contributed by atoms with E-state index in [1.165, 1.54) is 0 Å². The highest BCUT2D eigenvalue weighted by Gasteiger charge is 2.38. The number of rotatable bonds is 4. The lowest BCUT2D eigenvalue weighted by Crippen LogP contribution is -2.52. The van der Waals surface area contributed by atoms with Crippen molar-refractivity contribution in [2.45, 2.75) is 51.1 Å². The van der Waals surface area contributed by atoms with Gasteiger partial charge in [0.2, 0.25) is 5.91 Å². The number of nitrogens with one attached hydrogen (secondary N) is 1. The molecule has 2 unspecified atom stereocenters. The van der Waals surface area contributed by atoms with Gasteiger partial charge in [-0.25, -0.2) is 0 Å². The Morgan fingerprint density at radius 2 is 2.44 bits per heavy atom. The van der Waals surface area contributed by atoms with E-state index in [4.69, 9.17) is 5.73 Å². The summed E-state index contributed by atoms with van der Waals surface area (Å²) in [6.45, 7) is 4.73. The minimum Gasteiger partial charge on any atom is -0.363 e. The SMILES string of the molecule is CCCC(C)(N)C(=O)N1CCCC1c1ccc[nH]1. The fourth-order valence-electron chi connectivity index (χ4n) is 2.84. The molecule has 1 aromatic heterocycles. The summed E-state index contributed by atoms with van der Waals surface area (Å²) in [4.78, 5) is 17.7. The van der Waals surface area contributed by atoms with Crippen LogP contribution in [-0.2, 0) is 4.79 Å². The molecule has 3 N–H and O–H groups in total. The highest BCUT2D eigenvalue weighted by Crippen LogP contribution is 2.32. The molecule has 100 valence electrons. The van der Waals surface area contributed by atoms with Crippen LogP contribution in [0.25, 0.3) is 0 Å². The van der Waals surface area contributed by atoms with Crippen LogP contribution < -0.4 is 5.73 Å². The maximum Gasteiger partial charge on any atom is 0.242 e. The summed E-state index contributed by atoms with van der Waals surface area (Å²) in [6.07, 6.45) is 5.65. The van der Waals surface area contributed by atoms with Gasteiger partial charge in [-0.15, -0.1) is 0 Å². The van der Waals surface area contributed by atoms with Gasteiger partial charge in [0.15, 0.2) is 0 Å². The summed E-state index contributed by atoms with van der Waals surface area (Å²) >= 11 is 0. The van der Waals surface area contributed by atoms with Crippen LogP contribution in [-0.4, -0.2) is 27.9 Å². The molecule has 0 aliphatic carbocycles. The molecule has 0 aromatic carbocycles. The lowest BCUT2D eigenvalue weighted by Gasteiger charge is -2.32. The first-order chi connectivity index (χ1) is 8.56. The van der Waals surface area contributed by atoms with E-state index in [0.29, 0.717) is 0 Å². The summed E-state index contributed by atoms with van der Waals surface area (Å²) in [5, 5.41) is 0. The standard InChI is InChI=1S/C14H23N3O/c1-3-8-14(2,15)13(18)17-10-5-7-12(17)11-6-4-9-16-11/h4,6,9,12,16H,3,5,7-8,10,15H2,1-2H3. The Labute approximate surface area is 109 Å². The van der Waals surface area contributed by atoms with Gasteiger partial charge >= 0.3 is 0 Å². The third kappa shape index (κ3) is 2.43. The van der Waals surface area contributed by atoms with Crippen molar-refractivity contribution < 1.29 is 4.79 Å². The zero-order valence-electron chi connectivity index (χ0n) is 11.3. The quantitative estimate of drug-likeness (QED) is 0.859. The molecule has 1 aliphatic heterocycles. The largest absolute Gasteiger partial charge is 0.363 e. The molecule has 2 atom stereocenters. The molecule has 0 spiro atoms. The van der Waals surface area contributed by atoms with E-state index < -0.39 is 5.54 Å². The summed E-state index contributed by atoms with van der Waals surface area (Å²) < 4.78 is 0. The van der Waals surface area contributed by atoms with E-state index in [9.17, 15) is 4.79 Å². The lowest BCUT2D eigenvalue weighted by molar-refractivity contribution is -0.137. The number of H-pyrrole nitrogens is 1. The maximum atomic E-state index is 12.5. The van der Waals surface area contributed by atoms with E-state index in [1.54, 1.807) is 0 Å². The first-order valence-electron chi connectivity index (χ1n) is 6.79. The second kappa shape index (κ2) is 5.14. The molecule has 4 heteroatoms. The molecule has 0 bridgehead atoms. The van der Waals surface area contributed by atoms with Crippen molar-refractivity contribution in [2.75, 3.05) is 6.54 Å². The van der Waals surface area contributed by atoms with E-state index in [-0.39, 0.29) is 11.9 Å². The van der Waals surface area contributed by atoms with Crippen LogP contribution in [0.3, 0.4) is 0 Å². The molecule has 0 radical (unpaired) electrons. The summed E-state index contributed by atoms with van der Waals surface area (Å²) in [5.74, 6) is 0.0847. The van der Waals surface area contributed by atoms with E-state index in [0.717, 1.165) is 37.9 Å². The van der Waals surface area contributed by atoms with E-state index >= 15 is 0 Å². The number of aromatic amines is 1. The Morgan fingerprint density at radius 1 is 1.67 bits per heavy atom. The van der Waals surface area contributed by atoms with Crippen LogP contribution in [0.1, 0.15) is 51.3 Å². The number of carbonyl (C=O) groups excluding carboxylic acids is 1. The van der Waals surface area contributed by atoms with Gasteiger partial charge in [-0.05, 0) is 38.3 Å². The number of aromatic nitrogens is 1. The van der Waals surface area contributed by atoms with Crippen LogP contribution >= 0.6 is 0 Å². The van der Waals surface area contributed by atoms with Crippen LogP contribution in [0.5, 0.6) is 0 Å². The molecule has 2 rings (SSSR count). The number of nitrogens with zero attached hydrogens (tertiary/aromatic N) is 1.